The molecule has 0 aliphatic carbocycles. The zero-order valence-electron chi connectivity index (χ0n) is 17.2. The largest absolute Gasteiger partial charge is 0.460 e. The fourth-order valence-corrected chi connectivity index (χ4v) is 3.08. The van der Waals surface area contributed by atoms with Gasteiger partial charge in [0.05, 0.1) is 0 Å². The minimum atomic E-state index is -0.799. The lowest BCUT2D eigenvalue weighted by Crippen LogP contribution is -2.28. The monoisotopic (exact) mass is 400 g/mol. The standard InChI is InChI=1S/C23H28O6/c1-16(28-22(24)20(26-3)18-11-7-5-8-12-18)15-17(2)29-23(25)21(27-4)19-13-9-6-10-14-19/h5-14,16-17,20-21H,15H2,1-4H3/t16-,17-,20+,21+/m0/s1. The quantitative estimate of drug-likeness (QED) is 0.561. The number of carbonyl (C=O) groups is 2. The van der Waals surface area contributed by atoms with Crippen LogP contribution in [0.3, 0.4) is 0 Å². The first-order chi connectivity index (χ1) is 14.0. The lowest BCUT2D eigenvalue weighted by Gasteiger charge is -2.23. The number of esters is 2. The smallest absolute Gasteiger partial charge is 0.340 e. The van der Waals surface area contributed by atoms with Crippen LogP contribution in [-0.2, 0) is 28.5 Å². The molecule has 29 heavy (non-hydrogen) atoms. The van der Waals surface area contributed by atoms with Crippen molar-refractivity contribution in [3.8, 4) is 0 Å². The molecule has 0 bridgehead atoms. The molecule has 156 valence electrons. The number of ether oxygens (including phenoxy) is 4. The Balaban J connectivity index is 1.88. The molecule has 2 rings (SSSR count). The molecule has 0 fully saturated rings. The second-order valence-corrected chi connectivity index (χ2v) is 6.78. The van der Waals surface area contributed by atoms with Gasteiger partial charge in [-0.2, -0.15) is 0 Å². The molecule has 0 radical (unpaired) electrons. The Morgan fingerprint density at radius 2 is 1.03 bits per heavy atom. The molecule has 0 spiro atoms. The predicted octanol–water partition coefficient (Wildman–Crippen LogP) is 4.02. The first-order valence-electron chi connectivity index (χ1n) is 9.52. The molecular formula is C23H28O6. The van der Waals surface area contributed by atoms with Crippen LogP contribution in [0, 0.1) is 0 Å². The highest BCUT2D eigenvalue weighted by Crippen LogP contribution is 2.22. The van der Waals surface area contributed by atoms with E-state index in [1.807, 2.05) is 36.4 Å². The molecule has 0 aliphatic heterocycles. The topological polar surface area (TPSA) is 71.1 Å². The van der Waals surface area contributed by atoms with Gasteiger partial charge in [-0.15, -0.1) is 0 Å². The minimum absolute atomic E-state index is 0.355. The molecule has 0 N–H and O–H groups in total. The Morgan fingerprint density at radius 3 is 1.34 bits per heavy atom. The van der Waals surface area contributed by atoms with Gasteiger partial charge in [0.25, 0.3) is 0 Å². The van der Waals surface area contributed by atoms with Crippen LogP contribution in [0.1, 0.15) is 43.6 Å². The van der Waals surface area contributed by atoms with Crippen LogP contribution >= 0.6 is 0 Å². The summed E-state index contributed by atoms with van der Waals surface area (Å²) in [4.78, 5) is 24.9. The van der Waals surface area contributed by atoms with Crippen molar-refractivity contribution in [2.45, 2.75) is 44.7 Å². The molecule has 2 aromatic rings. The summed E-state index contributed by atoms with van der Waals surface area (Å²) in [6.07, 6.45) is -2.15. The average molecular weight is 400 g/mol. The zero-order chi connectivity index (χ0) is 21.2. The van der Waals surface area contributed by atoms with Crippen molar-refractivity contribution < 1.29 is 28.5 Å². The predicted molar refractivity (Wildman–Crippen MR) is 108 cm³/mol. The number of hydrogen-bond acceptors (Lipinski definition) is 6. The van der Waals surface area contributed by atoms with Crippen molar-refractivity contribution in [1.29, 1.82) is 0 Å². The summed E-state index contributed by atoms with van der Waals surface area (Å²) in [5, 5.41) is 0. The maximum Gasteiger partial charge on any atom is 0.340 e. The highest BCUT2D eigenvalue weighted by atomic mass is 16.6. The van der Waals surface area contributed by atoms with Gasteiger partial charge < -0.3 is 18.9 Å². The van der Waals surface area contributed by atoms with E-state index in [1.54, 1.807) is 38.1 Å². The summed E-state index contributed by atoms with van der Waals surface area (Å²) in [7, 11) is 2.92. The van der Waals surface area contributed by atoms with Gasteiger partial charge >= 0.3 is 11.9 Å². The van der Waals surface area contributed by atoms with Gasteiger partial charge in [0, 0.05) is 20.6 Å². The minimum Gasteiger partial charge on any atom is -0.460 e. The average Bonchev–Trinajstić information content (AvgIpc) is 2.70. The van der Waals surface area contributed by atoms with Crippen molar-refractivity contribution in [1.82, 2.24) is 0 Å². The molecule has 6 heteroatoms. The SMILES string of the molecule is CO[C@@H](C(=O)O[C@@H](C)C[C@H](C)OC(=O)[C@H](OC)c1ccccc1)c1ccccc1. The van der Waals surface area contributed by atoms with Crippen LogP contribution in [0.4, 0.5) is 0 Å². The normalized spacial score (nSPS) is 15.0. The number of methoxy groups -OCH3 is 2. The number of carbonyl (C=O) groups excluding carboxylic acids is 2. The van der Waals surface area contributed by atoms with E-state index in [1.165, 1.54) is 14.2 Å². The van der Waals surface area contributed by atoms with E-state index in [-0.39, 0.29) is 0 Å². The van der Waals surface area contributed by atoms with Gasteiger partial charge in [0.15, 0.2) is 12.2 Å². The van der Waals surface area contributed by atoms with Crippen LogP contribution < -0.4 is 0 Å². The first kappa shape index (κ1) is 22.6. The third-order valence-corrected chi connectivity index (χ3v) is 4.40. The zero-order valence-corrected chi connectivity index (χ0v) is 17.2. The van der Waals surface area contributed by atoms with Gasteiger partial charge in [0.1, 0.15) is 12.2 Å². The van der Waals surface area contributed by atoms with Crippen LogP contribution in [0.15, 0.2) is 60.7 Å². The first-order valence-corrected chi connectivity index (χ1v) is 9.52. The molecule has 0 saturated heterocycles. The lowest BCUT2D eigenvalue weighted by molar-refractivity contribution is -0.166. The van der Waals surface area contributed by atoms with Crippen molar-refractivity contribution in [3.63, 3.8) is 0 Å². The number of benzene rings is 2. The molecule has 0 unspecified atom stereocenters. The van der Waals surface area contributed by atoms with Gasteiger partial charge in [-0.25, -0.2) is 9.59 Å². The summed E-state index contributed by atoms with van der Waals surface area (Å²) in [6, 6.07) is 18.3. The van der Waals surface area contributed by atoms with Crippen molar-refractivity contribution in [2.24, 2.45) is 0 Å². The number of rotatable bonds is 10. The summed E-state index contributed by atoms with van der Waals surface area (Å²) in [5.41, 5.74) is 1.44. The van der Waals surface area contributed by atoms with Crippen molar-refractivity contribution in [2.75, 3.05) is 14.2 Å². The summed E-state index contributed by atoms with van der Waals surface area (Å²) < 4.78 is 21.6. The second kappa shape index (κ2) is 11.3. The third-order valence-electron chi connectivity index (χ3n) is 4.40. The third kappa shape index (κ3) is 6.69. The highest BCUT2D eigenvalue weighted by molar-refractivity contribution is 5.77. The second-order valence-electron chi connectivity index (χ2n) is 6.78. The van der Waals surface area contributed by atoms with Gasteiger partial charge in [-0.3, -0.25) is 0 Å². The Hall–Kier alpha value is -2.70. The van der Waals surface area contributed by atoms with E-state index >= 15 is 0 Å². The molecule has 0 saturated carbocycles. The van der Waals surface area contributed by atoms with Crippen molar-refractivity contribution in [3.05, 3.63) is 71.8 Å². The molecule has 0 aromatic heterocycles. The van der Waals surface area contributed by atoms with Gasteiger partial charge in [0.2, 0.25) is 0 Å². The lowest BCUT2D eigenvalue weighted by atomic mass is 10.1. The molecule has 0 aliphatic rings. The molecule has 4 atom stereocenters. The maximum absolute atomic E-state index is 12.5. The molecule has 6 nitrogen and oxygen atoms in total. The molecule has 0 amide bonds. The summed E-state index contributed by atoms with van der Waals surface area (Å²) in [6.45, 7) is 3.51. The van der Waals surface area contributed by atoms with Gasteiger partial charge in [-0.1, -0.05) is 60.7 Å². The fourth-order valence-electron chi connectivity index (χ4n) is 3.08. The Kier molecular flexibility index (Phi) is 8.83. The molecular weight excluding hydrogens is 372 g/mol. The molecule has 2 aromatic carbocycles. The maximum atomic E-state index is 12.5. The van der Waals surface area contributed by atoms with E-state index in [0.29, 0.717) is 6.42 Å². The molecule has 0 heterocycles. The van der Waals surface area contributed by atoms with E-state index in [9.17, 15) is 9.59 Å². The van der Waals surface area contributed by atoms with E-state index in [2.05, 4.69) is 0 Å². The van der Waals surface area contributed by atoms with E-state index < -0.39 is 36.4 Å². The number of hydrogen-bond donors (Lipinski definition) is 0. The highest BCUT2D eigenvalue weighted by Gasteiger charge is 2.27. The van der Waals surface area contributed by atoms with E-state index in [0.717, 1.165) is 11.1 Å². The fraction of sp³-hybridized carbons (Fsp3) is 0.391. The van der Waals surface area contributed by atoms with Crippen LogP contribution in [-0.4, -0.2) is 38.4 Å². The van der Waals surface area contributed by atoms with Crippen LogP contribution in [0.5, 0.6) is 0 Å². The Bertz CT molecular complexity index is 696. The van der Waals surface area contributed by atoms with E-state index in [4.69, 9.17) is 18.9 Å². The van der Waals surface area contributed by atoms with Crippen LogP contribution in [0.2, 0.25) is 0 Å². The van der Waals surface area contributed by atoms with Crippen LogP contribution in [0.25, 0.3) is 0 Å². The summed E-state index contributed by atoms with van der Waals surface area (Å²) in [5.74, 6) is -0.965. The Morgan fingerprint density at radius 1 is 0.690 bits per heavy atom. The Labute approximate surface area is 171 Å². The van der Waals surface area contributed by atoms with Crippen molar-refractivity contribution >= 4 is 11.9 Å². The summed E-state index contributed by atoms with van der Waals surface area (Å²) >= 11 is 0. The van der Waals surface area contributed by atoms with Gasteiger partial charge in [-0.05, 0) is 25.0 Å².